The molecule has 9 heteroatoms. The average molecular weight is 429 g/mol. The number of hydrogen-bond acceptors (Lipinski definition) is 7. The Bertz CT molecular complexity index is 1400. The first-order valence-electron chi connectivity index (χ1n) is 9.67. The normalized spacial score (nSPS) is 11.8. The van der Waals surface area contributed by atoms with E-state index in [9.17, 15) is 4.57 Å². The molecule has 1 unspecified atom stereocenters. The molecule has 0 aliphatic carbocycles. The van der Waals surface area contributed by atoms with Crippen LogP contribution < -0.4 is 0 Å². The van der Waals surface area contributed by atoms with Crippen LogP contribution in [0, 0.1) is 0 Å². The molecule has 1 atom stereocenters. The molecule has 2 aromatic carbocycles. The van der Waals surface area contributed by atoms with Gasteiger partial charge in [-0.2, -0.15) is 0 Å². The molecule has 0 aliphatic heterocycles. The molecular weight excluding hydrogens is 411 g/mol. The zero-order valence-electron chi connectivity index (χ0n) is 16.7. The maximum atomic E-state index is 11.6. The Hall–Kier alpha value is -3.61. The summed E-state index contributed by atoms with van der Waals surface area (Å²) < 4.78 is 18.2. The van der Waals surface area contributed by atoms with Crippen LogP contribution in [0.25, 0.3) is 33.5 Å². The van der Waals surface area contributed by atoms with Crippen molar-refractivity contribution in [2.45, 2.75) is 12.7 Å². The summed E-state index contributed by atoms with van der Waals surface area (Å²) in [6, 6.07) is 17.8. The number of hydrogen-bond donors (Lipinski definition) is 0. The van der Waals surface area contributed by atoms with E-state index >= 15 is 0 Å². The lowest BCUT2D eigenvalue weighted by Gasteiger charge is -2.05. The van der Waals surface area contributed by atoms with Crippen molar-refractivity contribution in [3.8, 4) is 11.3 Å². The van der Waals surface area contributed by atoms with E-state index in [1.54, 1.807) is 17.1 Å². The van der Waals surface area contributed by atoms with Gasteiger partial charge in [-0.25, -0.2) is 14.6 Å². The molecule has 152 valence electrons. The van der Waals surface area contributed by atoms with Crippen molar-refractivity contribution in [1.29, 1.82) is 0 Å². The van der Waals surface area contributed by atoms with E-state index in [1.165, 1.54) is 7.11 Å². The molecule has 31 heavy (non-hydrogen) atoms. The topological polar surface area (TPSA) is 95.7 Å². The van der Waals surface area contributed by atoms with Gasteiger partial charge in [-0.05, 0) is 28.3 Å². The summed E-state index contributed by atoms with van der Waals surface area (Å²) in [4.78, 5) is 13.5. The Morgan fingerprint density at radius 3 is 2.71 bits per heavy atom. The Balaban J connectivity index is 1.44. The molecule has 0 spiro atoms. The summed E-state index contributed by atoms with van der Waals surface area (Å²) in [5, 5.41) is 9.47. The molecule has 5 aromatic rings. The minimum Gasteiger partial charge on any atom is -0.256 e. The van der Waals surface area contributed by atoms with Gasteiger partial charge in [0.2, 0.25) is 11.8 Å². The van der Waals surface area contributed by atoms with Crippen LogP contribution in [0.2, 0.25) is 0 Å². The van der Waals surface area contributed by atoms with Gasteiger partial charge in [0.05, 0.1) is 31.1 Å². The number of aromatic nitrogens is 6. The van der Waals surface area contributed by atoms with Crippen LogP contribution in [0.3, 0.4) is 0 Å². The van der Waals surface area contributed by atoms with Gasteiger partial charge in [-0.3, -0.25) is 4.98 Å². The molecule has 0 radical (unpaired) electrons. The van der Waals surface area contributed by atoms with Gasteiger partial charge in [0.25, 0.3) is 0 Å². The third-order valence-electron chi connectivity index (χ3n) is 4.99. The second kappa shape index (κ2) is 8.26. The first-order valence-corrected chi connectivity index (χ1v) is 11.0. The van der Waals surface area contributed by atoms with Crippen molar-refractivity contribution in [3.05, 3.63) is 78.1 Å². The smallest absolute Gasteiger partial charge is 0.256 e. The van der Waals surface area contributed by atoms with Crippen molar-refractivity contribution >= 4 is 30.2 Å². The van der Waals surface area contributed by atoms with E-state index < -0.39 is 8.03 Å². The number of nitrogens with zero attached hydrogens (tertiary/aromatic N) is 6. The summed E-state index contributed by atoms with van der Waals surface area (Å²) in [5.41, 5.74) is 5.73. The molecule has 3 heterocycles. The second-order valence-corrected chi connectivity index (χ2v) is 8.40. The van der Waals surface area contributed by atoms with Crippen LogP contribution in [0.5, 0.6) is 0 Å². The quantitative estimate of drug-likeness (QED) is 0.370. The van der Waals surface area contributed by atoms with Gasteiger partial charge in [-0.15, -0.1) is 9.62 Å². The fourth-order valence-corrected chi connectivity index (χ4v) is 4.03. The Morgan fingerprint density at radius 2 is 1.87 bits per heavy atom. The minimum atomic E-state index is -1.68. The minimum absolute atomic E-state index is 0.384. The highest BCUT2D eigenvalue weighted by molar-refractivity contribution is 7.38. The number of rotatable bonds is 6. The van der Waals surface area contributed by atoms with Gasteiger partial charge >= 0.3 is 8.03 Å². The van der Waals surface area contributed by atoms with Crippen molar-refractivity contribution < 1.29 is 9.09 Å². The lowest BCUT2D eigenvalue weighted by Crippen LogP contribution is -2.03. The van der Waals surface area contributed by atoms with Crippen LogP contribution in [0.1, 0.15) is 11.1 Å². The lowest BCUT2D eigenvalue weighted by atomic mass is 10.1. The van der Waals surface area contributed by atoms with Crippen molar-refractivity contribution in [1.82, 2.24) is 29.9 Å². The predicted octanol–water partition coefficient (Wildman–Crippen LogP) is 4.37. The van der Waals surface area contributed by atoms with Crippen molar-refractivity contribution in [2.24, 2.45) is 0 Å². The highest BCUT2D eigenvalue weighted by atomic mass is 31.1. The van der Waals surface area contributed by atoms with Gasteiger partial charge in [0, 0.05) is 22.7 Å². The van der Waals surface area contributed by atoms with Crippen molar-refractivity contribution in [3.63, 3.8) is 0 Å². The van der Waals surface area contributed by atoms with Crippen LogP contribution in [0.15, 0.2) is 67.0 Å². The van der Waals surface area contributed by atoms with Gasteiger partial charge in [-0.1, -0.05) is 41.6 Å². The first-order chi connectivity index (χ1) is 15.2. The van der Waals surface area contributed by atoms with E-state index in [-0.39, 0.29) is 0 Å². The molecule has 0 aliphatic rings. The van der Waals surface area contributed by atoms with Gasteiger partial charge < -0.3 is 0 Å². The molecule has 8 nitrogen and oxygen atoms in total. The summed E-state index contributed by atoms with van der Waals surface area (Å²) in [5.74, 6) is 0. The van der Waals surface area contributed by atoms with Crippen LogP contribution in [-0.2, 0) is 21.8 Å². The molecule has 0 saturated heterocycles. The van der Waals surface area contributed by atoms with Crippen LogP contribution in [-0.4, -0.2) is 37.1 Å². The Kier molecular flexibility index (Phi) is 5.16. The van der Waals surface area contributed by atoms with E-state index in [2.05, 4.69) is 26.3 Å². The van der Waals surface area contributed by atoms with E-state index in [1.807, 2.05) is 48.5 Å². The number of pyridine rings is 1. The van der Waals surface area contributed by atoms with Gasteiger partial charge in [0.15, 0.2) is 5.65 Å². The van der Waals surface area contributed by atoms with Gasteiger partial charge in [0.1, 0.15) is 0 Å². The molecule has 0 saturated carbocycles. The molecule has 5 rings (SSSR count). The predicted molar refractivity (Wildman–Crippen MR) is 118 cm³/mol. The zero-order valence-corrected chi connectivity index (χ0v) is 17.6. The molecule has 0 fully saturated rings. The summed E-state index contributed by atoms with van der Waals surface area (Å²) in [6.07, 6.45) is 3.86. The largest absolute Gasteiger partial charge is 0.512 e. The highest BCUT2D eigenvalue weighted by Crippen LogP contribution is 2.28. The highest BCUT2D eigenvalue weighted by Gasteiger charge is 2.16. The van der Waals surface area contributed by atoms with E-state index in [0.29, 0.717) is 24.0 Å². The monoisotopic (exact) mass is 429 g/mol. The molecule has 0 amide bonds. The summed E-state index contributed by atoms with van der Waals surface area (Å²) >= 11 is 0. The zero-order chi connectivity index (χ0) is 21.2. The standard InChI is InChI=1S/C22H18N6O2P/c1-30-31(29)14-15-4-7-17(8-5-15)20-12-24-21-22(25-20)28(27-26-21)13-16-6-9-19-18(11-16)3-2-10-23-19/h2-12H,13-14H2,1H3/q+1. The summed E-state index contributed by atoms with van der Waals surface area (Å²) in [7, 11) is -0.229. The second-order valence-electron chi connectivity index (χ2n) is 7.05. The third-order valence-corrected chi connectivity index (χ3v) is 6.02. The molecule has 0 N–H and O–H groups in total. The number of benzene rings is 2. The molecule has 0 bridgehead atoms. The molecular formula is C22H18N6O2P+. The van der Waals surface area contributed by atoms with Crippen LogP contribution in [0.4, 0.5) is 0 Å². The first kappa shape index (κ1) is 19.4. The van der Waals surface area contributed by atoms with E-state index in [0.717, 1.165) is 33.3 Å². The molecule has 3 aromatic heterocycles. The van der Waals surface area contributed by atoms with E-state index in [4.69, 9.17) is 9.51 Å². The third kappa shape index (κ3) is 4.03. The van der Waals surface area contributed by atoms with Crippen LogP contribution >= 0.6 is 8.03 Å². The SMILES string of the molecule is CO[P+](=O)Cc1ccc(-c2cnc3nnn(Cc4ccc5ncccc5c4)c3n2)cc1. The maximum Gasteiger partial charge on any atom is 0.512 e. The maximum absolute atomic E-state index is 11.6. The fraction of sp³-hybridized carbons (Fsp3) is 0.136. The lowest BCUT2D eigenvalue weighted by molar-refractivity contribution is 0.414. The summed E-state index contributed by atoms with van der Waals surface area (Å²) in [6.45, 7) is 0.530. The number of fused-ring (bicyclic) bond motifs is 2. The van der Waals surface area contributed by atoms with Crippen molar-refractivity contribution in [2.75, 3.05) is 7.11 Å². The Labute approximate surface area is 178 Å². The Morgan fingerprint density at radius 1 is 1.03 bits per heavy atom. The average Bonchev–Trinajstić information content (AvgIpc) is 3.21. The fourth-order valence-electron chi connectivity index (χ4n) is 3.39.